The Balaban J connectivity index is 0.889. The van der Waals surface area contributed by atoms with Crippen molar-refractivity contribution in [3.63, 3.8) is 0 Å². The molecule has 0 radical (unpaired) electrons. The van der Waals surface area contributed by atoms with E-state index in [1.807, 2.05) is 0 Å². The lowest BCUT2D eigenvalue weighted by Gasteiger charge is -2.50. The van der Waals surface area contributed by atoms with Gasteiger partial charge < -0.3 is 34.0 Å². The summed E-state index contributed by atoms with van der Waals surface area (Å²) in [6.45, 7) is -0.188. The summed E-state index contributed by atoms with van der Waals surface area (Å²) in [5, 5.41) is 3.65. The summed E-state index contributed by atoms with van der Waals surface area (Å²) < 4.78 is 2.58. The van der Waals surface area contributed by atoms with Gasteiger partial charge in [-0.2, -0.15) is 0 Å². The summed E-state index contributed by atoms with van der Waals surface area (Å²) >= 11 is 0. The highest BCUT2D eigenvalue weighted by atomic mass is 15.2. The molecule has 20 rings (SSSR count). The number of fused-ring (bicyclic) bond motifs is 11. The van der Waals surface area contributed by atoms with Gasteiger partial charge in [-0.05, 0) is 191 Å². The van der Waals surface area contributed by atoms with Crippen LogP contribution in [0.25, 0.3) is 28.7 Å². The minimum Gasteiger partial charge on any atom is -0.335 e. The zero-order valence-electron chi connectivity index (χ0n) is 54.2. The van der Waals surface area contributed by atoms with Crippen LogP contribution in [0.1, 0.15) is 0 Å². The number of anilines is 17. The van der Waals surface area contributed by atoms with Crippen molar-refractivity contribution in [2.75, 3.05) is 29.4 Å². The molecule has 99 heavy (non-hydrogen) atoms. The van der Waals surface area contributed by atoms with Crippen LogP contribution in [0.4, 0.5) is 96.7 Å². The van der Waals surface area contributed by atoms with Crippen molar-refractivity contribution in [2.45, 2.75) is 11.9 Å². The summed E-state index contributed by atoms with van der Waals surface area (Å²) in [5.41, 5.74) is 27.7. The Hall–Kier alpha value is -12.7. The van der Waals surface area contributed by atoms with E-state index in [1.165, 1.54) is 60.3 Å². The van der Waals surface area contributed by atoms with E-state index >= 15 is 0 Å². The molecule has 0 spiro atoms. The van der Waals surface area contributed by atoms with E-state index in [9.17, 15) is 0 Å². The van der Waals surface area contributed by atoms with E-state index in [-0.39, 0.29) is 25.3 Å². The molecule has 7 nitrogen and oxygen atoms in total. The molecule has 0 amide bonds. The molecule has 4 aliphatic heterocycles. The van der Waals surface area contributed by atoms with E-state index < -0.39 is 0 Å². The molecule has 0 N–H and O–H groups in total. The van der Waals surface area contributed by atoms with Gasteiger partial charge in [-0.1, -0.05) is 212 Å². The SMILES string of the molecule is C1=c2c(n(-c3ccccc3)c3cc4c(cc23)B2c3ccccc3N(c3ccccc3)c3cc(N(c5ccccc5)c5ccccc5)cc(c32)N4c2ccccc2)=CC2C1B1c3ccccc3N(c3ccccc3)c3cc(N(c4ccccc4)c4ccccc4)cc(c31)N2c1ccccc1. The fourth-order valence-electron chi connectivity index (χ4n) is 17.1. The summed E-state index contributed by atoms with van der Waals surface area (Å²) in [4.78, 5) is 15.2. The third-order valence-electron chi connectivity index (χ3n) is 21.0. The van der Waals surface area contributed by atoms with Gasteiger partial charge >= 0.3 is 0 Å². The monoisotopic (exact) mass is 1260 g/mol. The standard InChI is InChI=1S/C90H63B2N7/c1-10-32-62(33-11-1)93(63-34-12-2-13-35-63)71-54-85-89-87(56-71)98(69-46-24-8-25-47-69)83-60-81-73(58-77(83)91(89)75-50-28-30-52-79(75)95(85)66-40-18-5-19-41-66)74-59-78-84(61-82(74)97(81)68-44-22-7-23-45-68)99(70-48-26-9-27-49-70)88-57-72(94(64-36-14-3-15-37-64)65-38-16-4-17-39-65)55-86-90(88)92(78)76-51-29-31-53-80(76)96(86)67-42-20-6-21-43-67/h1-61,77,83H. The second kappa shape index (κ2) is 23.0. The smallest absolute Gasteiger partial charge is 0.252 e. The zero-order chi connectivity index (χ0) is 65.1. The average molecular weight is 1260 g/mol. The van der Waals surface area contributed by atoms with Crippen molar-refractivity contribution in [2.24, 2.45) is 0 Å². The highest BCUT2D eigenvalue weighted by Gasteiger charge is 2.51. The van der Waals surface area contributed by atoms with E-state index in [0.29, 0.717) is 0 Å². The van der Waals surface area contributed by atoms with Crippen LogP contribution in [-0.2, 0) is 0 Å². The molecule has 0 saturated carbocycles. The summed E-state index contributed by atoms with van der Waals surface area (Å²) in [6.07, 6.45) is 5.36. The number of benzene rings is 14. The minimum atomic E-state index is -0.148. The lowest BCUT2D eigenvalue weighted by Crippen LogP contribution is -2.63. The summed E-state index contributed by atoms with van der Waals surface area (Å²) in [6, 6.07) is 132. The maximum Gasteiger partial charge on any atom is 0.252 e. The van der Waals surface area contributed by atoms with Gasteiger partial charge in [0.05, 0.1) is 28.3 Å². The molecule has 2 atom stereocenters. The normalized spacial score (nSPS) is 14.9. The number of para-hydroxylation sites is 11. The topological polar surface area (TPSA) is 24.4 Å². The Morgan fingerprint density at radius 3 is 1.12 bits per heavy atom. The molecule has 0 saturated heterocycles. The first-order valence-corrected chi connectivity index (χ1v) is 34.4. The molecule has 1 aromatic heterocycles. The van der Waals surface area contributed by atoms with Crippen molar-refractivity contribution in [3.05, 3.63) is 368 Å². The second-order valence-corrected chi connectivity index (χ2v) is 26.4. The molecule has 0 fully saturated rings. The van der Waals surface area contributed by atoms with Crippen LogP contribution in [0.5, 0.6) is 0 Å². The Morgan fingerprint density at radius 2 is 0.646 bits per heavy atom. The first-order valence-electron chi connectivity index (χ1n) is 34.4. The highest BCUT2D eigenvalue weighted by Crippen LogP contribution is 2.53. The molecule has 464 valence electrons. The van der Waals surface area contributed by atoms with Gasteiger partial charge in [0, 0.05) is 102 Å². The quantitative estimate of drug-likeness (QED) is 0.120. The zero-order valence-corrected chi connectivity index (χ0v) is 54.2. The van der Waals surface area contributed by atoms with Crippen LogP contribution >= 0.6 is 0 Å². The predicted molar refractivity (Wildman–Crippen MR) is 417 cm³/mol. The molecule has 0 bridgehead atoms. The van der Waals surface area contributed by atoms with E-state index in [4.69, 9.17) is 0 Å². The van der Waals surface area contributed by atoms with Crippen molar-refractivity contribution < 1.29 is 0 Å². The first-order chi connectivity index (χ1) is 49.2. The number of aromatic nitrogens is 1. The van der Waals surface area contributed by atoms with Crippen LogP contribution in [0, 0.1) is 0 Å². The lowest BCUT2D eigenvalue weighted by molar-refractivity contribution is 0.810. The van der Waals surface area contributed by atoms with E-state index in [1.54, 1.807) is 0 Å². The molecular weight excluding hydrogens is 1200 g/mol. The maximum absolute atomic E-state index is 2.71. The molecule has 2 unspecified atom stereocenters. The fraction of sp³-hybridized carbons (Fsp3) is 0.0222. The van der Waals surface area contributed by atoms with Crippen LogP contribution in [-0.4, -0.2) is 24.0 Å². The van der Waals surface area contributed by atoms with Gasteiger partial charge in [-0.15, -0.1) is 0 Å². The number of nitrogens with zero attached hydrogens (tertiary/aromatic N) is 7. The molecule has 15 aromatic rings. The van der Waals surface area contributed by atoms with Crippen molar-refractivity contribution in [3.8, 4) is 5.69 Å². The van der Waals surface area contributed by atoms with E-state index in [0.717, 1.165) is 90.8 Å². The fourth-order valence-corrected chi connectivity index (χ4v) is 17.1. The van der Waals surface area contributed by atoms with Crippen LogP contribution < -0.4 is 67.3 Å². The van der Waals surface area contributed by atoms with Crippen LogP contribution in [0.3, 0.4) is 0 Å². The van der Waals surface area contributed by atoms with Gasteiger partial charge in [-0.25, -0.2) is 0 Å². The number of hydrogen-bond acceptors (Lipinski definition) is 6. The largest absolute Gasteiger partial charge is 0.335 e. The second-order valence-electron chi connectivity index (χ2n) is 26.4. The Kier molecular flexibility index (Phi) is 13.2. The third-order valence-corrected chi connectivity index (χ3v) is 21.0. The molecule has 14 aromatic carbocycles. The summed E-state index contributed by atoms with van der Waals surface area (Å²) in [7, 11) is 0. The predicted octanol–water partition coefficient (Wildman–Crippen LogP) is 18.2. The van der Waals surface area contributed by atoms with Gasteiger partial charge in [0.1, 0.15) is 0 Å². The van der Waals surface area contributed by atoms with Gasteiger partial charge in [0.25, 0.3) is 6.71 Å². The number of rotatable bonds is 11. The van der Waals surface area contributed by atoms with Crippen LogP contribution in [0.15, 0.2) is 358 Å². The lowest BCUT2D eigenvalue weighted by atomic mass is 9.29. The van der Waals surface area contributed by atoms with Crippen molar-refractivity contribution in [1.82, 2.24) is 4.57 Å². The third kappa shape index (κ3) is 8.94. The van der Waals surface area contributed by atoms with Gasteiger partial charge in [-0.3, -0.25) is 0 Å². The number of hydrogen-bond donors (Lipinski definition) is 0. The average Bonchev–Trinajstić information content (AvgIpc) is 1.53. The molecule has 5 heterocycles. The molecule has 9 heteroatoms. The molecule has 5 aliphatic rings. The Labute approximate surface area is 577 Å². The molecule has 1 aliphatic carbocycles. The maximum atomic E-state index is 2.71. The van der Waals surface area contributed by atoms with Gasteiger partial charge in [0.15, 0.2) is 0 Å². The van der Waals surface area contributed by atoms with Gasteiger partial charge in [0.2, 0.25) is 6.71 Å². The first kappa shape index (κ1) is 56.6. The summed E-state index contributed by atoms with van der Waals surface area (Å²) in [5.74, 6) is -0.0299. The Morgan fingerprint density at radius 1 is 0.273 bits per heavy atom. The van der Waals surface area contributed by atoms with E-state index in [2.05, 4.69) is 404 Å². The van der Waals surface area contributed by atoms with Crippen molar-refractivity contribution in [1.29, 1.82) is 0 Å². The molecular formula is C90H63B2N7. The Bertz CT molecular complexity index is 5650. The minimum absolute atomic E-state index is 0.0299. The van der Waals surface area contributed by atoms with Crippen LogP contribution in [0.2, 0.25) is 5.82 Å². The highest BCUT2D eigenvalue weighted by molar-refractivity contribution is 7.00. The van der Waals surface area contributed by atoms with Crippen molar-refractivity contribution >= 4 is 160 Å².